The van der Waals surface area contributed by atoms with Crippen LogP contribution < -0.4 is 0 Å². The highest BCUT2D eigenvalue weighted by atomic mass is 16.1. The lowest BCUT2D eigenvalue weighted by molar-refractivity contribution is -0.116. The van der Waals surface area contributed by atoms with Crippen molar-refractivity contribution < 1.29 is 4.79 Å². The first kappa shape index (κ1) is 8.98. The third kappa shape index (κ3) is 1.25. The Balaban J connectivity index is 2.45. The zero-order chi connectivity index (χ0) is 9.64. The lowest BCUT2D eigenvalue weighted by atomic mass is 9.78. The van der Waals surface area contributed by atoms with Gasteiger partial charge in [-0.15, -0.1) is 0 Å². The lowest BCUT2D eigenvalue weighted by Crippen LogP contribution is -2.14. The van der Waals surface area contributed by atoms with Crippen LogP contribution in [0.15, 0.2) is 11.1 Å². The van der Waals surface area contributed by atoms with Crippen molar-refractivity contribution in [1.82, 2.24) is 0 Å². The molecule has 0 N–H and O–H groups in total. The molecule has 0 aromatic heterocycles. The SMILES string of the molecule is CC1CCCC2=C1C(=O)CC2(C)C. The Morgan fingerprint density at radius 2 is 2.08 bits per heavy atom. The molecule has 72 valence electrons. The van der Waals surface area contributed by atoms with Crippen LogP contribution in [0.5, 0.6) is 0 Å². The second kappa shape index (κ2) is 2.70. The van der Waals surface area contributed by atoms with Gasteiger partial charge in [0.25, 0.3) is 0 Å². The molecule has 0 aromatic carbocycles. The molecule has 1 atom stereocenters. The first-order valence-electron chi connectivity index (χ1n) is 5.29. The Morgan fingerprint density at radius 1 is 1.38 bits per heavy atom. The summed E-state index contributed by atoms with van der Waals surface area (Å²) >= 11 is 0. The molecule has 0 aromatic rings. The summed E-state index contributed by atoms with van der Waals surface area (Å²) in [6.45, 7) is 6.63. The minimum absolute atomic E-state index is 0.168. The average molecular weight is 178 g/mol. The van der Waals surface area contributed by atoms with Gasteiger partial charge in [-0.3, -0.25) is 4.79 Å². The Labute approximate surface area is 80.2 Å². The molecule has 0 aliphatic heterocycles. The fourth-order valence-electron chi connectivity index (χ4n) is 2.91. The minimum atomic E-state index is 0.168. The van der Waals surface area contributed by atoms with Crippen molar-refractivity contribution in [3.8, 4) is 0 Å². The molecule has 0 saturated carbocycles. The normalized spacial score (nSPS) is 32.2. The van der Waals surface area contributed by atoms with Gasteiger partial charge in [0.2, 0.25) is 0 Å². The predicted octanol–water partition coefficient (Wildman–Crippen LogP) is 3.10. The van der Waals surface area contributed by atoms with Gasteiger partial charge in [-0.1, -0.05) is 26.3 Å². The van der Waals surface area contributed by atoms with Crippen LogP contribution in [-0.2, 0) is 4.79 Å². The lowest BCUT2D eigenvalue weighted by Gasteiger charge is -2.27. The van der Waals surface area contributed by atoms with Gasteiger partial charge in [0.05, 0.1) is 0 Å². The summed E-state index contributed by atoms with van der Waals surface area (Å²) in [4.78, 5) is 11.8. The number of carbonyl (C=O) groups excluding carboxylic acids is 1. The first-order chi connectivity index (χ1) is 6.02. The van der Waals surface area contributed by atoms with Crippen LogP contribution in [0.2, 0.25) is 0 Å². The molecule has 0 heterocycles. The molecule has 0 bridgehead atoms. The van der Waals surface area contributed by atoms with Crippen molar-refractivity contribution in [3.63, 3.8) is 0 Å². The third-order valence-corrected chi connectivity index (χ3v) is 3.60. The zero-order valence-electron chi connectivity index (χ0n) is 8.81. The highest BCUT2D eigenvalue weighted by Gasteiger charge is 2.40. The Kier molecular flexibility index (Phi) is 1.86. The second-order valence-electron chi connectivity index (χ2n) is 5.17. The molecule has 1 heteroatoms. The van der Waals surface area contributed by atoms with E-state index < -0.39 is 0 Å². The number of hydrogen-bond donors (Lipinski definition) is 0. The monoisotopic (exact) mass is 178 g/mol. The van der Waals surface area contributed by atoms with E-state index in [-0.39, 0.29) is 5.41 Å². The van der Waals surface area contributed by atoms with Gasteiger partial charge in [0, 0.05) is 6.42 Å². The van der Waals surface area contributed by atoms with Gasteiger partial charge in [-0.05, 0) is 36.2 Å². The van der Waals surface area contributed by atoms with Crippen molar-refractivity contribution in [1.29, 1.82) is 0 Å². The summed E-state index contributed by atoms with van der Waals surface area (Å²) in [5.74, 6) is 0.949. The quantitative estimate of drug-likeness (QED) is 0.557. The van der Waals surface area contributed by atoms with Crippen LogP contribution in [0.3, 0.4) is 0 Å². The van der Waals surface area contributed by atoms with E-state index in [1.54, 1.807) is 0 Å². The smallest absolute Gasteiger partial charge is 0.159 e. The maximum atomic E-state index is 11.8. The van der Waals surface area contributed by atoms with Gasteiger partial charge in [0.15, 0.2) is 5.78 Å². The Hall–Kier alpha value is -0.590. The number of Topliss-reactive ketones (excluding diaryl/α,β-unsaturated/α-hetero) is 1. The van der Waals surface area contributed by atoms with Gasteiger partial charge >= 0.3 is 0 Å². The summed E-state index contributed by atoms with van der Waals surface area (Å²) in [7, 11) is 0. The largest absolute Gasteiger partial charge is 0.295 e. The van der Waals surface area contributed by atoms with E-state index in [0.717, 1.165) is 6.42 Å². The standard InChI is InChI=1S/C12H18O/c1-8-5-4-6-9-11(8)10(13)7-12(9,2)3/h8H,4-7H2,1-3H3. The highest BCUT2D eigenvalue weighted by molar-refractivity contribution is 6.00. The summed E-state index contributed by atoms with van der Waals surface area (Å²) < 4.78 is 0. The summed E-state index contributed by atoms with van der Waals surface area (Å²) in [6, 6.07) is 0. The fourth-order valence-corrected chi connectivity index (χ4v) is 2.91. The summed E-state index contributed by atoms with van der Waals surface area (Å²) in [5.41, 5.74) is 2.83. The molecule has 2 rings (SSSR count). The van der Waals surface area contributed by atoms with E-state index >= 15 is 0 Å². The van der Waals surface area contributed by atoms with Crippen molar-refractivity contribution >= 4 is 5.78 Å². The van der Waals surface area contributed by atoms with Gasteiger partial charge < -0.3 is 0 Å². The van der Waals surface area contributed by atoms with Crippen LogP contribution in [0, 0.1) is 11.3 Å². The summed E-state index contributed by atoms with van der Waals surface area (Å²) in [6.07, 6.45) is 4.40. The van der Waals surface area contributed by atoms with E-state index in [1.807, 2.05) is 0 Å². The number of carbonyl (C=O) groups is 1. The van der Waals surface area contributed by atoms with Crippen molar-refractivity contribution in [2.75, 3.05) is 0 Å². The molecule has 0 saturated heterocycles. The van der Waals surface area contributed by atoms with Crippen LogP contribution in [-0.4, -0.2) is 5.78 Å². The number of hydrogen-bond acceptors (Lipinski definition) is 1. The maximum absolute atomic E-state index is 11.8. The van der Waals surface area contributed by atoms with E-state index in [9.17, 15) is 4.79 Å². The third-order valence-electron chi connectivity index (χ3n) is 3.60. The summed E-state index contributed by atoms with van der Waals surface area (Å²) in [5, 5.41) is 0. The van der Waals surface area contributed by atoms with Crippen LogP contribution in [0.25, 0.3) is 0 Å². The highest BCUT2D eigenvalue weighted by Crippen LogP contribution is 2.48. The molecule has 0 radical (unpaired) electrons. The van der Waals surface area contributed by atoms with Gasteiger partial charge in [-0.25, -0.2) is 0 Å². The predicted molar refractivity (Wildman–Crippen MR) is 53.4 cm³/mol. The molecule has 1 unspecified atom stereocenters. The topological polar surface area (TPSA) is 17.1 Å². The Morgan fingerprint density at radius 3 is 2.69 bits per heavy atom. The van der Waals surface area contributed by atoms with Crippen molar-refractivity contribution in [2.45, 2.75) is 46.5 Å². The average Bonchev–Trinajstić information content (AvgIpc) is 2.24. The molecule has 1 nitrogen and oxygen atoms in total. The van der Waals surface area contributed by atoms with Gasteiger partial charge in [-0.2, -0.15) is 0 Å². The van der Waals surface area contributed by atoms with E-state index in [0.29, 0.717) is 11.7 Å². The minimum Gasteiger partial charge on any atom is -0.295 e. The molecule has 2 aliphatic rings. The number of rotatable bonds is 0. The molecular formula is C12H18O. The number of allylic oxidation sites excluding steroid dienone is 2. The second-order valence-corrected chi connectivity index (χ2v) is 5.17. The fraction of sp³-hybridized carbons (Fsp3) is 0.750. The molecule has 13 heavy (non-hydrogen) atoms. The Bertz CT molecular complexity index is 283. The van der Waals surface area contributed by atoms with Crippen molar-refractivity contribution in [3.05, 3.63) is 11.1 Å². The first-order valence-corrected chi connectivity index (χ1v) is 5.29. The van der Waals surface area contributed by atoms with Crippen LogP contribution in [0.4, 0.5) is 0 Å². The van der Waals surface area contributed by atoms with Gasteiger partial charge in [0.1, 0.15) is 0 Å². The van der Waals surface area contributed by atoms with E-state index in [1.165, 1.54) is 30.4 Å². The van der Waals surface area contributed by atoms with E-state index in [4.69, 9.17) is 0 Å². The molecular weight excluding hydrogens is 160 g/mol. The molecule has 2 aliphatic carbocycles. The molecule has 0 spiro atoms. The molecule has 0 amide bonds. The van der Waals surface area contributed by atoms with Crippen molar-refractivity contribution in [2.24, 2.45) is 11.3 Å². The van der Waals surface area contributed by atoms with E-state index in [2.05, 4.69) is 20.8 Å². The maximum Gasteiger partial charge on any atom is 0.159 e. The van der Waals surface area contributed by atoms with Crippen LogP contribution >= 0.6 is 0 Å². The number of ketones is 1. The molecule has 0 fully saturated rings. The van der Waals surface area contributed by atoms with Crippen LogP contribution in [0.1, 0.15) is 46.5 Å². The zero-order valence-corrected chi connectivity index (χ0v) is 8.81.